The molecule has 3 N–H and O–H groups in total. The fraction of sp³-hybridized carbons (Fsp3) is 0.895. The van der Waals surface area contributed by atoms with Crippen molar-refractivity contribution in [2.24, 2.45) is 10.9 Å². The Balaban J connectivity index is 1.64. The Bertz CT molecular complexity index is 467. The molecule has 2 rings (SSSR count). The molecule has 1 amide bonds. The second-order valence-corrected chi connectivity index (χ2v) is 8.29. The second-order valence-electron chi connectivity index (χ2n) is 8.29. The first kappa shape index (κ1) is 20.8. The van der Waals surface area contributed by atoms with Gasteiger partial charge in [-0.05, 0) is 59.3 Å². The zero-order valence-electron chi connectivity index (χ0n) is 16.9. The Morgan fingerprint density at radius 1 is 1.12 bits per heavy atom. The topological polar surface area (TPSA) is 78.0 Å². The van der Waals surface area contributed by atoms with Crippen molar-refractivity contribution in [3.63, 3.8) is 0 Å². The van der Waals surface area contributed by atoms with Crippen molar-refractivity contribution in [1.29, 1.82) is 0 Å². The highest BCUT2D eigenvalue weighted by Crippen LogP contribution is 2.34. The lowest BCUT2D eigenvalue weighted by Crippen LogP contribution is -2.43. The number of rotatable bonds is 10. The van der Waals surface area contributed by atoms with Crippen molar-refractivity contribution in [3.8, 4) is 0 Å². The molecular formula is C19H37N5O2. The van der Waals surface area contributed by atoms with E-state index in [0.29, 0.717) is 13.1 Å². The number of hydrogen-bond acceptors (Lipinski definition) is 4. The Labute approximate surface area is 158 Å². The minimum Gasteiger partial charge on any atom is -0.444 e. The maximum atomic E-state index is 11.6. The predicted molar refractivity (Wildman–Crippen MR) is 106 cm³/mol. The molecule has 2 fully saturated rings. The summed E-state index contributed by atoms with van der Waals surface area (Å²) in [6.45, 7) is 12.6. The third-order valence-electron chi connectivity index (χ3n) is 4.34. The molecule has 0 aromatic heterocycles. The maximum absolute atomic E-state index is 11.6. The normalized spacial score (nSPS) is 18.0. The number of nitrogens with one attached hydrogen (secondary N) is 3. The van der Waals surface area contributed by atoms with Gasteiger partial charge >= 0.3 is 6.09 Å². The molecule has 0 spiro atoms. The average Bonchev–Trinajstić information content (AvgIpc) is 3.42. The van der Waals surface area contributed by atoms with Crippen LogP contribution < -0.4 is 16.0 Å². The van der Waals surface area contributed by atoms with E-state index >= 15 is 0 Å². The van der Waals surface area contributed by atoms with Crippen molar-refractivity contribution in [1.82, 2.24) is 20.9 Å². The van der Waals surface area contributed by atoms with Crippen LogP contribution in [0.4, 0.5) is 4.79 Å². The summed E-state index contributed by atoms with van der Waals surface area (Å²) in [4.78, 5) is 18.9. The number of carbonyl (C=O) groups is 1. The van der Waals surface area contributed by atoms with E-state index in [2.05, 4.69) is 32.8 Å². The van der Waals surface area contributed by atoms with Crippen LogP contribution in [0, 0.1) is 5.92 Å². The largest absolute Gasteiger partial charge is 0.444 e. The quantitative estimate of drug-likeness (QED) is 0.312. The third kappa shape index (κ3) is 9.27. The molecule has 0 atom stereocenters. The van der Waals surface area contributed by atoms with Crippen LogP contribution in [0.5, 0.6) is 0 Å². The van der Waals surface area contributed by atoms with Gasteiger partial charge in [-0.2, -0.15) is 0 Å². The monoisotopic (exact) mass is 367 g/mol. The van der Waals surface area contributed by atoms with Crippen LogP contribution >= 0.6 is 0 Å². The van der Waals surface area contributed by atoms with E-state index in [4.69, 9.17) is 4.74 Å². The number of aliphatic imine (C=N–C) groups is 1. The molecule has 7 heteroatoms. The van der Waals surface area contributed by atoms with Crippen LogP contribution in [-0.2, 0) is 4.74 Å². The summed E-state index contributed by atoms with van der Waals surface area (Å²) in [6.07, 6.45) is 5.13. The minimum absolute atomic E-state index is 0.388. The van der Waals surface area contributed by atoms with E-state index in [1.807, 2.05) is 20.8 Å². The molecule has 0 heterocycles. The molecule has 0 aromatic rings. The Hall–Kier alpha value is -1.50. The van der Waals surface area contributed by atoms with Gasteiger partial charge in [0.05, 0.1) is 6.54 Å². The number of nitrogens with zero attached hydrogens (tertiary/aromatic N) is 2. The van der Waals surface area contributed by atoms with E-state index < -0.39 is 5.60 Å². The summed E-state index contributed by atoms with van der Waals surface area (Å²) >= 11 is 0. The summed E-state index contributed by atoms with van der Waals surface area (Å²) in [7, 11) is 0. The number of carbonyl (C=O) groups excluding carboxylic acids is 1. The number of hydrogen-bond donors (Lipinski definition) is 3. The lowest BCUT2D eigenvalue weighted by molar-refractivity contribution is 0.0529. The standard InChI is InChI=1S/C19H37N5O2/c1-5-20-17(21-10-11-23-18(25)26-19(2,3)4)22-12-13-24(16-8-9-16)14-15-6-7-15/h15-16H,5-14H2,1-4H3,(H,23,25)(H2,20,21,22). The van der Waals surface area contributed by atoms with Crippen LogP contribution in [0.2, 0.25) is 0 Å². The highest BCUT2D eigenvalue weighted by atomic mass is 16.6. The Morgan fingerprint density at radius 2 is 1.81 bits per heavy atom. The molecule has 0 bridgehead atoms. The minimum atomic E-state index is -0.470. The van der Waals surface area contributed by atoms with Gasteiger partial charge in [0.25, 0.3) is 0 Å². The van der Waals surface area contributed by atoms with Gasteiger partial charge in [0.1, 0.15) is 5.60 Å². The van der Waals surface area contributed by atoms with E-state index in [9.17, 15) is 4.79 Å². The van der Waals surface area contributed by atoms with Gasteiger partial charge in [-0.3, -0.25) is 9.89 Å². The van der Waals surface area contributed by atoms with Crippen LogP contribution in [0.3, 0.4) is 0 Å². The number of ether oxygens (including phenoxy) is 1. The predicted octanol–water partition coefficient (Wildman–Crippen LogP) is 1.94. The van der Waals surface area contributed by atoms with Crippen molar-refractivity contribution in [2.75, 3.05) is 39.3 Å². The zero-order chi connectivity index (χ0) is 19.0. The van der Waals surface area contributed by atoms with E-state index in [-0.39, 0.29) is 6.09 Å². The van der Waals surface area contributed by atoms with Crippen molar-refractivity contribution >= 4 is 12.1 Å². The van der Waals surface area contributed by atoms with Crippen LogP contribution in [0.25, 0.3) is 0 Å². The van der Waals surface area contributed by atoms with Gasteiger partial charge in [-0.15, -0.1) is 0 Å². The molecule has 150 valence electrons. The van der Waals surface area contributed by atoms with Crippen LogP contribution in [0.15, 0.2) is 4.99 Å². The van der Waals surface area contributed by atoms with Gasteiger partial charge in [-0.1, -0.05) is 0 Å². The number of alkyl carbamates (subject to hydrolysis) is 1. The Kier molecular flexibility index (Phi) is 8.00. The lowest BCUT2D eigenvalue weighted by Gasteiger charge is -2.21. The zero-order valence-corrected chi connectivity index (χ0v) is 16.9. The fourth-order valence-corrected chi connectivity index (χ4v) is 2.79. The summed E-state index contributed by atoms with van der Waals surface area (Å²) in [6, 6.07) is 0.805. The molecule has 7 nitrogen and oxygen atoms in total. The SMILES string of the molecule is CCNC(=NCCN(CC1CC1)C1CC1)NCCNC(=O)OC(C)(C)C. The van der Waals surface area contributed by atoms with Crippen LogP contribution in [-0.4, -0.2) is 67.9 Å². The maximum Gasteiger partial charge on any atom is 0.407 e. The molecule has 2 saturated carbocycles. The number of amides is 1. The van der Waals surface area contributed by atoms with Crippen molar-refractivity contribution < 1.29 is 9.53 Å². The van der Waals surface area contributed by atoms with E-state index in [1.165, 1.54) is 32.2 Å². The van der Waals surface area contributed by atoms with Gasteiger partial charge in [-0.25, -0.2) is 4.79 Å². The molecule has 26 heavy (non-hydrogen) atoms. The average molecular weight is 368 g/mol. The molecule has 2 aliphatic rings. The highest BCUT2D eigenvalue weighted by molar-refractivity contribution is 5.79. The Morgan fingerprint density at radius 3 is 2.38 bits per heavy atom. The van der Waals surface area contributed by atoms with E-state index in [1.54, 1.807) is 0 Å². The summed E-state index contributed by atoms with van der Waals surface area (Å²) in [5, 5.41) is 9.27. The molecule has 0 saturated heterocycles. The van der Waals surface area contributed by atoms with Crippen LogP contribution in [0.1, 0.15) is 53.4 Å². The smallest absolute Gasteiger partial charge is 0.407 e. The number of guanidine groups is 1. The first-order valence-corrected chi connectivity index (χ1v) is 10.1. The molecule has 0 aromatic carbocycles. The highest BCUT2D eigenvalue weighted by Gasteiger charge is 2.33. The fourth-order valence-electron chi connectivity index (χ4n) is 2.79. The van der Waals surface area contributed by atoms with E-state index in [0.717, 1.165) is 37.6 Å². The molecule has 0 radical (unpaired) electrons. The first-order valence-electron chi connectivity index (χ1n) is 10.1. The van der Waals surface area contributed by atoms with Gasteiger partial charge in [0.2, 0.25) is 0 Å². The van der Waals surface area contributed by atoms with Gasteiger partial charge < -0.3 is 20.7 Å². The van der Waals surface area contributed by atoms with Gasteiger partial charge in [0.15, 0.2) is 5.96 Å². The molecule has 0 unspecified atom stereocenters. The van der Waals surface area contributed by atoms with Crippen molar-refractivity contribution in [3.05, 3.63) is 0 Å². The summed E-state index contributed by atoms with van der Waals surface area (Å²) in [5.74, 6) is 1.74. The summed E-state index contributed by atoms with van der Waals surface area (Å²) < 4.78 is 5.22. The first-order chi connectivity index (χ1) is 12.4. The molecule has 0 aliphatic heterocycles. The molecular weight excluding hydrogens is 330 g/mol. The lowest BCUT2D eigenvalue weighted by atomic mass is 10.2. The molecule has 2 aliphatic carbocycles. The third-order valence-corrected chi connectivity index (χ3v) is 4.34. The summed E-state index contributed by atoms with van der Waals surface area (Å²) in [5.41, 5.74) is -0.470. The van der Waals surface area contributed by atoms with Crippen molar-refractivity contribution in [2.45, 2.75) is 65.0 Å². The van der Waals surface area contributed by atoms with Gasteiger partial charge in [0, 0.05) is 38.8 Å². The second kappa shape index (κ2) is 10.00.